The summed E-state index contributed by atoms with van der Waals surface area (Å²) in [5.74, 6) is 0.668. The number of nitrogens with zero attached hydrogens (tertiary/aromatic N) is 2. The summed E-state index contributed by atoms with van der Waals surface area (Å²) in [6.45, 7) is 8.06. The summed E-state index contributed by atoms with van der Waals surface area (Å²) in [4.78, 5) is 6.59. The van der Waals surface area contributed by atoms with Crippen molar-refractivity contribution in [2.45, 2.75) is 32.9 Å². The number of ether oxygens (including phenoxy) is 1. The largest absolute Gasteiger partial charge is 0.379 e. The Morgan fingerprint density at radius 1 is 1.53 bits per heavy atom. The van der Waals surface area contributed by atoms with Crippen LogP contribution in [-0.2, 0) is 11.3 Å². The molecule has 1 fully saturated rings. The van der Waals surface area contributed by atoms with Gasteiger partial charge in [0.15, 0.2) is 0 Å². The first-order valence-corrected chi connectivity index (χ1v) is 7.12. The second-order valence-electron chi connectivity index (χ2n) is 5.66. The van der Waals surface area contributed by atoms with Crippen LogP contribution in [0.1, 0.15) is 25.8 Å². The van der Waals surface area contributed by atoms with E-state index >= 15 is 0 Å². The quantitative estimate of drug-likeness (QED) is 0.852. The van der Waals surface area contributed by atoms with Crippen LogP contribution in [0.25, 0.3) is 0 Å². The molecule has 2 heterocycles. The van der Waals surface area contributed by atoms with Gasteiger partial charge in [0.25, 0.3) is 0 Å². The number of nitrogens with one attached hydrogen (secondary N) is 1. The Hall–Kier alpha value is -1.13. The third-order valence-corrected chi connectivity index (χ3v) is 3.58. The molecule has 4 nitrogen and oxygen atoms in total. The van der Waals surface area contributed by atoms with E-state index < -0.39 is 0 Å². The SMILES string of the molecule is CC(C)CNCc1cnccc1N(C)C1CCOC1. The van der Waals surface area contributed by atoms with Gasteiger partial charge in [-0.15, -0.1) is 0 Å². The van der Waals surface area contributed by atoms with E-state index in [2.05, 4.69) is 42.2 Å². The van der Waals surface area contributed by atoms with E-state index in [0.717, 1.165) is 32.7 Å². The zero-order valence-electron chi connectivity index (χ0n) is 12.2. The summed E-state index contributed by atoms with van der Waals surface area (Å²) < 4.78 is 5.48. The first kappa shape index (κ1) is 14.3. The van der Waals surface area contributed by atoms with Gasteiger partial charge in [-0.2, -0.15) is 0 Å². The Morgan fingerprint density at radius 3 is 3.05 bits per heavy atom. The highest BCUT2D eigenvalue weighted by Gasteiger charge is 2.22. The summed E-state index contributed by atoms with van der Waals surface area (Å²) in [5.41, 5.74) is 2.53. The summed E-state index contributed by atoms with van der Waals surface area (Å²) in [6, 6.07) is 2.59. The lowest BCUT2D eigenvalue weighted by molar-refractivity contribution is 0.193. The molecule has 0 saturated carbocycles. The Kier molecular flexibility index (Phi) is 5.16. The van der Waals surface area contributed by atoms with Gasteiger partial charge in [0, 0.05) is 43.8 Å². The molecule has 1 unspecified atom stereocenters. The molecule has 1 aliphatic rings. The molecule has 4 heteroatoms. The minimum Gasteiger partial charge on any atom is -0.379 e. The minimum atomic E-state index is 0.492. The molecule has 1 atom stereocenters. The van der Waals surface area contributed by atoms with Crippen molar-refractivity contribution < 1.29 is 4.74 Å². The number of pyridine rings is 1. The van der Waals surface area contributed by atoms with Crippen molar-refractivity contribution in [3.05, 3.63) is 24.0 Å². The summed E-state index contributed by atoms with van der Waals surface area (Å²) in [7, 11) is 2.15. The van der Waals surface area contributed by atoms with E-state index in [9.17, 15) is 0 Å². The molecule has 1 aromatic rings. The number of aromatic nitrogens is 1. The topological polar surface area (TPSA) is 37.4 Å². The standard InChI is InChI=1S/C15H25N3O/c1-12(2)8-17-10-13-9-16-6-4-15(13)18(3)14-5-7-19-11-14/h4,6,9,12,14,17H,5,7-8,10-11H2,1-3H3. The number of rotatable bonds is 6. The fourth-order valence-corrected chi connectivity index (χ4v) is 2.42. The van der Waals surface area contributed by atoms with E-state index in [1.165, 1.54) is 11.3 Å². The van der Waals surface area contributed by atoms with Crippen molar-refractivity contribution in [2.24, 2.45) is 5.92 Å². The van der Waals surface area contributed by atoms with Crippen molar-refractivity contribution in [3.63, 3.8) is 0 Å². The van der Waals surface area contributed by atoms with E-state index in [-0.39, 0.29) is 0 Å². The van der Waals surface area contributed by atoms with Gasteiger partial charge in [-0.25, -0.2) is 0 Å². The van der Waals surface area contributed by atoms with Gasteiger partial charge in [0.1, 0.15) is 0 Å². The maximum atomic E-state index is 5.48. The second-order valence-corrected chi connectivity index (χ2v) is 5.66. The van der Waals surface area contributed by atoms with Crippen LogP contribution in [-0.4, -0.2) is 37.8 Å². The molecule has 0 amide bonds. The number of anilines is 1. The second kappa shape index (κ2) is 6.87. The molecule has 2 rings (SSSR count). The zero-order valence-corrected chi connectivity index (χ0v) is 12.2. The highest BCUT2D eigenvalue weighted by molar-refractivity contribution is 5.52. The smallest absolute Gasteiger partial charge is 0.0670 e. The molecule has 19 heavy (non-hydrogen) atoms. The molecule has 0 bridgehead atoms. The maximum Gasteiger partial charge on any atom is 0.0670 e. The molecular weight excluding hydrogens is 238 g/mol. The van der Waals surface area contributed by atoms with E-state index in [4.69, 9.17) is 4.74 Å². The van der Waals surface area contributed by atoms with Gasteiger partial charge in [-0.3, -0.25) is 4.98 Å². The van der Waals surface area contributed by atoms with Crippen molar-refractivity contribution in [1.29, 1.82) is 0 Å². The Balaban J connectivity index is 2.02. The third-order valence-electron chi connectivity index (χ3n) is 3.58. The van der Waals surface area contributed by atoms with Crippen molar-refractivity contribution in [3.8, 4) is 0 Å². The molecule has 0 aromatic carbocycles. The van der Waals surface area contributed by atoms with Gasteiger partial charge in [-0.1, -0.05) is 13.8 Å². The van der Waals surface area contributed by atoms with Crippen molar-refractivity contribution in [1.82, 2.24) is 10.3 Å². The summed E-state index contributed by atoms with van der Waals surface area (Å²) >= 11 is 0. The van der Waals surface area contributed by atoms with Crippen LogP contribution in [0.5, 0.6) is 0 Å². The predicted molar refractivity (Wildman–Crippen MR) is 78.4 cm³/mol. The fraction of sp³-hybridized carbons (Fsp3) is 0.667. The lowest BCUT2D eigenvalue weighted by atomic mass is 10.1. The highest BCUT2D eigenvalue weighted by atomic mass is 16.5. The molecule has 1 saturated heterocycles. The maximum absolute atomic E-state index is 5.48. The van der Waals surface area contributed by atoms with Crippen LogP contribution >= 0.6 is 0 Å². The Labute approximate surface area is 116 Å². The molecule has 0 radical (unpaired) electrons. The third kappa shape index (κ3) is 3.91. The summed E-state index contributed by atoms with van der Waals surface area (Å²) in [5, 5.41) is 3.49. The van der Waals surface area contributed by atoms with Gasteiger partial charge >= 0.3 is 0 Å². The molecule has 0 aliphatic carbocycles. The van der Waals surface area contributed by atoms with Gasteiger partial charge in [-0.05, 0) is 24.9 Å². The predicted octanol–water partition coefficient (Wildman–Crippen LogP) is 2.05. The number of likely N-dealkylation sites (N-methyl/N-ethyl adjacent to an activating group) is 1. The zero-order chi connectivity index (χ0) is 13.7. The molecule has 106 valence electrons. The Morgan fingerprint density at radius 2 is 2.37 bits per heavy atom. The van der Waals surface area contributed by atoms with E-state index in [1.807, 2.05) is 12.4 Å². The first-order valence-electron chi connectivity index (χ1n) is 7.12. The average molecular weight is 263 g/mol. The van der Waals surface area contributed by atoms with E-state index in [1.54, 1.807) is 0 Å². The molecule has 1 aliphatic heterocycles. The lowest BCUT2D eigenvalue weighted by Crippen LogP contribution is -2.33. The highest BCUT2D eigenvalue weighted by Crippen LogP contribution is 2.23. The monoisotopic (exact) mass is 263 g/mol. The normalized spacial score (nSPS) is 19.1. The van der Waals surface area contributed by atoms with Crippen molar-refractivity contribution in [2.75, 3.05) is 31.7 Å². The van der Waals surface area contributed by atoms with E-state index in [0.29, 0.717) is 12.0 Å². The molecule has 1 aromatic heterocycles. The summed E-state index contributed by atoms with van der Waals surface area (Å²) in [6.07, 6.45) is 4.94. The number of hydrogen-bond donors (Lipinski definition) is 1. The van der Waals surface area contributed by atoms with Crippen LogP contribution in [0.2, 0.25) is 0 Å². The van der Waals surface area contributed by atoms with Gasteiger partial charge in [0.05, 0.1) is 12.6 Å². The average Bonchev–Trinajstić information content (AvgIpc) is 2.92. The van der Waals surface area contributed by atoms with Crippen LogP contribution in [0.3, 0.4) is 0 Å². The van der Waals surface area contributed by atoms with Crippen LogP contribution in [0, 0.1) is 5.92 Å². The van der Waals surface area contributed by atoms with Crippen molar-refractivity contribution >= 4 is 5.69 Å². The van der Waals surface area contributed by atoms with Crippen LogP contribution in [0.4, 0.5) is 5.69 Å². The van der Waals surface area contributed by atoms with Gasteiger partial charge < -0.3 is 15.0 Å². The molecule has 0 spiro atoms. The van der Waals surface area contributed by atoms with Gasteiger partial charge in [0.2, 0.25) is 0 Å². The molecule has 1 N–H and O–H groups in total. The Bertz CT molecular complexity index is 389. The first-order chi connectivity index (χ1) is 9.18. The fourth-order valence-electron chi connectivity index (χ4n) is 2.42. The molecular formula is C15H25N3O. The minimum absolute atomic E-state index is 0.492. The number of hydrogen-bond acceptors (Lipinski definition) is 4. The van der Waals surface area contributed by atoms with Crippen LogP contribution in [0.15, 0.2) is 18.5 Å². The lowest BCUT2D eigenvalue weighted by Gasteiger charge is -2.27. The van der Waals surface area contributed by atoms with Crippen LogP contribution < -0.4 is 10.2 Å².